The van der Waals surface area contributed by atoms with Crippen molar-refractivity contribution in [1.82, 2.24) is 10.2 Å². The van der Waals surface area contributed by atoms with Crippen LogP contribution in [0.15, 0.2) is 48.5 Å². The van der Waals surface area contributed by atoms with Gasteiger partial charge in [-0.05, 0) is 60.8 Å². The van der Waals surface area contributed by atoms with Crippen LogP contribution < -0.4 is 5.32 Å². The maximum absolute atomic E-state index is 13.4. The number of carbonyl (C=O) groups is 2. The average molecular weight is 419 g/mol. The molecule has 1 N–H and O–H groups in total. The van der Waals surface area contributed by atoms with Crippen LogP contribution in [0.2, 0.25) is 0 Å². The van der Waals surface area contributed by atoms with Crippen molar-refractivity contribution in [2.75, 3.05) is 13.1 Å². The van der Waals surface area contributed by atoms with E-state index < -0.39 is 0 Å². The van der Waals surface area contributed by atoms with Crippen LogP contribution in [0.3, 0.4) is 0 Å². The number of likely N-dealkylation sites (tertiary alicyclic amines) is 1. The fourth-order valence-corrected chi connectivity index (χ4v) is 4.66. The molecule has 2 aromatic rings. The van der Waals surface area contributed by atoms with Crippen molar-refractivity contribution >= 4 is 11.8 Å². The number of aryl methyl sites for hydroxylation is 1. The molecule has 2 aliphatic rings. The number of rotatable bonds is 4. The largest absolute Gasteiger partial charge is 0.349 e. The summed E-state index contributed by atoms with van der Waals surface area (Å²) in [5.41, 5.74) is 3.96. The van der Waals surface area contributed by atoms with Gasteiger partial charge in [-0.15, -0.1) is 0 Å². The Morgan fingerprint density at radius 1 is 0.968 bits per heavy atom. The van der Waals surface area contributed by atoms with E-state index in [0.29, 0.717) is 13.1 Å². The Morgan fingerprint density at radius 3 is 2.13 bits per heavy atom. The highest BCUT2D eigenvalue weighted by molar-refractivity contribution is 5.96. The first-order valence-electron chi connectivity index (χ1n) is 11.5. The van der Waals surface area contributed by atoms with Crippen LogP contribution in [-0.2, 0) is 15.6 Å². The highest BCUT2D eigenvalue weighted by Gasteiger charge is 2.53. The molecule has 2 aromatic carbocycles. The van der Waals surface area contributed by atoms with Gasteiger partial charge in [0.05, 0.1) is 5.41 Å². The van der Waals surface area contributed by atoms with E-state index in [1.807, 2.05) is 36.1 Å². The Morgan fingerprint density at radius 2 is 1.58 bits per heavy atom. The summed E-state index contributed by atoms with van der Waals surface area (Å²) < 4.78 is 0. The second-order valence-electron chi connectivity index (χ2n) is 10.3. The standard InChI is InChI=1S/C27H34N2O2/c1-19-7-5-6-8-23(19)24(30)28-22-13-17-29(18-14-22)25(31)27(15-16-27)21-11-9-20(10-12-21)26(2,3)4/h5-12,22H,13-18H2,1-4H3,(H,28,30). The second-order valence-corrected chi connectivity index (χ2v) is 10.3. The molecule has 0 radical (unpaired) electrons. The first kappa shape index (κ1) is 21.6. The van der Waals surface area contributed by atoms with Gasteiger partial charge in [0.1, 0.15) is 0 Å². The van der Waals surface area contributed by atoms with Crippen molar-refractivity contribution < 1.29 is 9.59 Å². The van der Waals surface area contributed by atoms with Crippen LogP contribution in [0, 0.1) is 6.92 Å². The van der Waals surface area contributed by atoms with Gasteiger partial charge in [0.2, 0.25) is 5.91 Å². The van der Waals surface area contributed by atoms with E-state index >= 15 is 0 Å². The van der Waals surface area contributed by atoms with Gasteiger partial charge in [-0.1, -0.05) is 63.2 Å². The van der Waals surface area contributed by atoms with E-state index in [-0.39, 0.29) is 28.7 Å². The zero-order valence-electron chi connectivity index (χ0n) is 19.2. The van der Waals surface area contributed by atoms with E-state index in [0.717, 1.165) is 42.4 Å². The second kappa shape index (κ2) is 8.14. The zero-order valence-corrected chi connectivity index (χ0v) is 19.2. The van der Waals surface area contributed by atoms with Gasteiger partial charge < -0.3 is 10.2 Å². The van der Waals surface area contributed by atoms with E-state index in [2.05, 4.69) is 50.4 Å². The van der Waals surface area contributed by atoms with Gasteiger partial charge in [0.25, 0.3) is 5.91 Å². The van der Waals surface area contributed by atoms with E-state index in [4.69, 9.17) is 0 Å². The summed E-state index contributed by atoms with van der Waals surface area (Å²) in [6, 6.07) is 16.4. The Labute approximate surface area is 186 Å². The molecule has 1 saturated heterocycles. The third-order valence-corrected chi connectivity index (χ3v) is 6.97. The molecule has 0 unspecified atom stereocenters. The lowest BCUT2D eigenvalue weighted by molar-refractivity contribution is -0.135. The third-order valence-electron chi connectivity index (χ3n) is 6.97. The minimum absolute atomic E-state index is 0.0134. The number of piperidine rings is 1. The first-order valence-corrected chi connectivity index (χ1v) is 11.5. The van der Waals surface area contributed by atoms with Gasteiger partial charge in [0, 0.05) is 24.7 Å². The predicted molar refractivity (Wildman–Crippen MR) is 124 cm³/mol. The minimum atomic E-state index is -0.326. The number of carbonyl (C=O) groups excluding carboxylic acids is 2. The molecule has 164 valence electrons. The van der Waals surface area contributed by atoms with Crippen LogP contribution in [0.4, 0.5) is 0 Å². The molecule has 31 heavy (non-hydrogen) atoms. The van der Waals surface area contributed by atoms with Crippen LogP contribution in [-0.4, -0.2) is 35.8 Å². The van der Waals surface area contributed by atoms with Crippen LogP contribution >= 0.6 is 0 Å². The third kappa shape index (κ3) is 4.39. The normalized spacial score (nSPS) is 18.5. The highest BCUT2D eigenvalue weighted by Crippen LogP contribution is 2.50. The van der Waals surface area contributed by atoms with Crippen molar-refractivity contribution in [3.05, 3.63) is 70.8 Å². The van der Waals surface area contributed by atoms with Crippen molar-refractivity contribution in [2.45, 2.75) is 70.3 Å². The molecule has 1 aliphatic carbocycles. The molecule has 1 heterocycles. The molecule has 0 spiro atoms. The van der Waals surface area contributed by atoms with Crippen molar-refractivity contribution in [2.24, 2.45) is 0 Å². The highest BCUT2D eigenvalue weighted by atomic mass is 16.2. The summed E-state index contributed by atoms with van der Waals surface area (Å²) in [6.07, 6.45) is 3.49. The van der Waals surface area contributed by atoms with E-state index in [1.165, 1.54) is 5.56 Å². The fourth-order valence-electron chi connectivity index (χ4n) is 4.66. The number of nitrogens with one attached hydrogen (secondary N) is 1. The maximum Gasteiger partial charge on any atom is 0.251 e. The molecule has 4 heteroatoms. The topological polar surface area (TPSA) is 49.4 Å². The van der Waals surface area contributed by atoms with Gasteiger partial charge in [-0.3, -0.25) is 9.59 Å². The molecule has 1 saturated carbocycles. The van der Waals surface area contributed by atoms with Crippen molar-refractivity contribution in [3.63, 3.8) is 0 Å². The number of hydrogen-bond acceptors (Lipinski definition) is 2. The molecular formula is C27H34N2O2. The molecule has 0 aromatic heterocycles. The molecule has 0 atom stereocenters. The molecule has 2 amide bonds. The average Bonchev–Trinajstić information content (AvgIpc) is 3.55. The summed E-state index contributed by atoms with van der Waals surface area (Å²) >= 11 is 0. The Kier molecular flexibility index (Phi) is 5.67. The van der Waals surface area contributed by atoms with Crippen LogP contribution in [0.1, 0.15) is 73.5 Å². The van der Waals surface area contributed by atoms with Gasteiger partial charge in [-0.25, -0.2) is 0 Å². The van der Waals surface area contributed by atoms with Crippen LogP contribution in [0.25, 0.3) is 0 Å². The number of benzene rings is 2. The number of hydrogen-bond donors (Lipinski definition) is 1. The minimum Gasteiger partial charge on any atom is -0.349 e. The zero-order chi connectivity index (χ0) is 22.2. The SMILES string of the molecule is Cc1ccccc1C(=O)NC1CCN(C(=O)C2(c3ccc(C(C)(C)C)cc3)CC2)CC1. The molecule has 2 fully saturated rings. The Balaban J connectivity index is 1.36. The van der Waals surface area contributed by atoms with E-state index in [1.54, 1.807) is 0 Å². The van der Waals surface area contributed by atoms with E-state index in [9.17, 15) is 9.59 Å². The predicted octanol–water partition coefficient (Wildman–Crippen LogP) is 4.75. The molecule has 4 rings (SSSR count). The lowest BCUT2D eigenvalue weighted by Gasteiger charge is -2.35. The van der Waals surface area contributed by atoms with Gasteiger partial charge in [-0.2, -0.15) is 0 Å². The summed E-state index contributed by atoms with van der Waals surface area (Å²) in [7, 11) is 0. The van der Waals surface area contributed by atoms with Crippen molar-refractivity contribution in [3.8, 4) is 0 Å². The molecule has 4 nitrogen and oxygen atoms in total. The molecular weight excluding hydrogens is 384 g/mol. The summed E-state index contributed by atoms with van der Waals surface area (Å²) in [5, 5.41) is 3.16. The van der Waals surface area contributed by atoms with Crippen LogP contribution in [0.5, 0.6) is 0 Å². The van der Waals surface area contributed by atoms with Gasteiger partial charge in [0.15, 0.2) is 0 Å². The Hall–Kier alpha value is -2.62. The lowest BCUT2D eigenvalue weighted by Crippen LogP contribution is -2.49. The number of amides is 2. The smallest absolute Gasteiger partial charge is 0.251 e. The first-order chi connectivity index (χ1) is 14.7. The maximum atomic E-state index is 13.4. The van der Waals surface area contributed by atoms with Crippen molar-refractivity contribution in [1.29, 1.82) is 0 Å². The monoisotopic (exact) mass is 418 g/mol. The quantitative estimate of drug-likeness (QED) is 0.779. The number of nitrogens with zero attached hydrogens (tertiary/aromatic N) is 1. The Bertz CT molecular complexity index is 959. The summed E-state index contributed by atoms with van der Waals surface area (Å²) in [6.45, 7) is 10.0. The summed E-state index contributed by atoms with van der Waals surface area (Å²) in [4.78, 5) is 28.0. The molecule has 0 bridgehead atoms. The summed E-state index contributed by atoms with van der Waals surface area (Å²) in [5.74, 6) is 0.250. The van der Waals surface area contributed by atoms with Gasteiger partial charge >= 0.3 is 0 Å². The fraction of sp³-hybridized carbons (Fsp3) is 0.481. The molecule has 1 aliphatic heterocycles. The lowest BCUT2D eigenvalue weighted by atomic mass is 9.84.